The van der Waals surface area contributed by atoms with E-state index in [0.717, 1.165) is 4.88 Å². The van der Waals surface area contributed by atoms with Crippen LogP contribution >= 0.6 is 22.9 Å². The Labute approximate surface area is 123 Å². The van der Waals surface area contributed by atoms with Crippen LogP contribution < -0.4 is 0 Å². The molecule has 7 heteroatoms. The zero-order valence-corrected chi connectivity index (χ0v) is 11.9. The highest BCUT2D eigenvalue weighted by molar-refractivity contribution is 7.09. The molecule has 0 aliphatic carbocycles. The van der Waals surface area contributed by atoms with Crippen molar-refractivity contribution in [2.75, 3.05) is 0 Å². The van der Waals surface area contributed by atoms with Gasteiger partial charge in [-0.1, -0.05) is 17.7 Å². The molecular formula is C13H10ClN3O2S. The first-order chi connectivity index (χ1) is 9.63. The van der Waals surface area contributed by atoms with Crippen molar-refractivity contribution in [1.29, 1.82) is 0 Å². The summed E-state index contributed by atoms with van der Waals surface area (Å²) in [4.78, 5) is 20.8. The van der Waals surface area contributed by atoms with E-state index < -0.39 is 5.97 Å². The highest BCUT2D eigenvalue weighted by Gasteiger charge is 2.15. The van der Waals surface area contributed by atoms with Gasteiger partial charge in [-0.3, -0.25) is 4.79 Å². The third-order valence-corrected chi connectivity index (χ3v) is 3.92. The summed E-state index contributed by atoms with van der Waals surface area (Å²) in [5.41, 5.74) is 1.16. The Morgan fingerprint density at radius 2 is 2.35 bits per heavy atom. The topological polar surface area (TPSA) is 68.0 Å². The van der Waals surface area contributed by atoms with Gasteiger partial charge in [0.2, 0.25) is 0 Å². The lowest BCUT2D eigenvalue weighted by molar-refractivity contribution is -0.137. The second-order valence-electron chi connectivity index (χ2n) is 4.26. The van der Waals surface area contributed by atoms with E-state index in [-0.39, 0.29) is 6.54 Å². The molecule has 5 nitrogen and oxygen atoms in total. The third-order valence-electron chi connectivity index (χ3n) is 2.84. The molecule has 0 amide bonds. The van der Waals surface area contributed by atoms with Crippen LogP contribution in [0.5, 0.6) is 0 Å². The smallest absolute Gasteiger partial charge is 0.323 e. The number of thiophene rings is 1. The van der Waals surface area contributed by atoms with Crippen LogP contribution in [-0.2, 0) is 17.8 Å². The van der Waals surface area contributed by atoms with E-state index in [1.54, 1.807) is 22.0 Å². The first kappa shape index (κ1) is 13.1. The van der Waals surface area contributed by atoms with Crippen LogP contribution in [0.25, 0.3) is 11.2 Å². The average Bonchev–Trinajstić information content (AvgIpc) is 2.98. The highest BCUT2D eigenvalue weighted by Crippen LogP contribution is 2.21. The second kappa shape index (κ2) is 5.22. The predicted molar refractivity (Wildman–Crippen MR) is 77.3 cm³/mol. The number of carboxylic acids is 1. The maximum absolute atomic E-state index is 11.0. The number of hydrogen-bond donors (Lipinski definition) is 1. The van der Waals surface area contributed by atoms with Gasteiger partial charge in [0, 0.05) is 17.5 Å². The molecule has 0 atom stereocenters. The van der Waals surface area contributed by atoms with Gasteiger partial charge in [0.1, 0.15) is 17.9 Å². The Morgan fingerprint density at radius 3 is 3.05 bits per heavy atom. The number of halogens is 1. The fourth-order valence-electron chi connectivity index (χ4n) is 2.04. The summed E-state index contributed by atoms with van der Waals surface area (Å²) < 4.78 is 1.62. The van der Waals surface area contributed by atoms with Crippen molar-refractivity contribution in [2.24, 2.45) is 0 Å². The molecule has 0 saturated heterocycles. The molecular weight excluding hydrogens is 298 g/mol. The molecule has 0 fully saturated rings. The van der Waals surface area contributed by atoms with E-state index >= 15 is 0 Å². The van der Waals surface area contributed by atoms with Gasteiger partial charge in [0.05, 0.1) is 5.02 Å². The molecule has 0 aliphatic heterocycles. The fourth-order valence-corrected chi connectivity index (χ4v) is 2.89. The number of nitrogens with zero attached hydrogens (tertiary/aromatic N) is 3. The SMILES string of the molecule is O=C(O)Cn1c(Cc2cccs2)nc2cc(Cl)cnc21. The van der Waals surface area contributed by atoms with Crippen LogP contribution in [0.3, 0.4) is 0 Å². The van der Waals surface area contributed by atoms with Crippen molar-refractivity contribution in [3.63, 3.8) is 0 Å². The maximum atomic E-state index is 11.0. The van der Waals surface area contributed by atoms with E-state index in [1.165, 1.54) is 6.20 Å². The lowest BCUT2D eigenvalue weighted by Gasteiger charge is -2.04. The molecule has 0 unspecified atom stereocenters. The standard InChI is InChI=1S/C13H10ClN3O2S/c14-8-4-10-13(15-6-8)17(7-12(18)19)11(16-10)5-9-2-1-3-20-9/h1-4,6H,5,7H2,(H,18,19). The Balaban J connectivity index is 2.10. The maximum Gasteiger partial charge on any atom is 0.323 e. The van der Waals surface area contributed by atoms with E-state index in [1.807, 2.05) is 17.5 Å². The Bertz CT molecular complexity index is 767. The van der Waals surface area contributed by atoms with Gasteiger partial charge < -0.3 is 9.67 Å². The van der Waals surface area contributed by atoms with Crippen LogP contribution in [-0.4, -0.2) is 25.6 Å². The molecule has 102 valence electrons. The molecule has 3 aromatic heterocycles. The summed E-state index contributed by atoms with van der Waals surface area (Å²) in [6, 6.07) is 5.65. The number of carbonyl (C=O) groups is 1. The molecule has 0 bridgehead atoms. The Hall–Kier alpha value is -1.92. The van der Waals surface area contributed by atoms with Gasteiger partial charge in [-0.25, -0.2) is 9.97 Å². The van der Waals surface area contributed by atoms with Gasteiger partial charge in [-0.2, -0.15) is 0 Å². The molecule has 0 aliphatic rings. The molecule has 0 saturated carbocycles. The lowest BCUT2D eigenvalue weighted by Crippen LogP contribution is -2.12. The van der Waals surface area contributed by atoms with Crippen LogP contribution in [0.4, 0.5) is 0 Å². The summed E-state index contributed by atoms with van der Waals surface area (Å²) in [6.45, 7) is -0.161. The first-order valence-corrected chi connectivity index (χ1v) is 7.14. The Kier molecular flexibility index (Phi) is 3.42. The van der Waals surface area contributed by atoms with E-state index in [0.29, 0.717) is 28.4 Å². The van der Waals surface area contributed by atoms with Gasteiger partial charge in [-0.05, 0) is 17.5 Å². The minimum atomic E-state index is -0.923. The summed E-state index contributed by atoms with van der Waals surface area (Å²) in [5, 5.41) is 11.5. The molecule has 0 radical (unpaired) electrons. The van der Waals surface area contributed by atoms with Gasteiger partial charge in [0.25, 0.3) is 0 Å². The quantitative estimate of drug-likeness (QED) is 0.805. The normalized spacial score (nSPS) is 11.1. The minimum Gasteiger partial charge on any atom is -0.480 e. The second-order valence-corrected chi connectivity index (χ2v) is 5.73. The van der Waals surface area contributed by atoms with Gasteiger partial charge in [-0.15, -0.1) is 11.3 Å². The molecule has 20 heavy (non-hydrogen) atoms. The van der Waals surface area contributed by atoms with Crippen molar-refractivity contribution in [3.05, 3.63) is 45.5 Å². The zero-order valence-electron chi connectivity index (χ0n) is 10.3. The number of imidazole rings is 1. The van der Waals surface area contributed by atoms with Crippen molar-refractivity contribution < 1.29 is 9.90 Å². The van der Waals surface area contributed by atoms with Gasteiger partial charge >= 0.3 is 5.97 Å². The van der Waals surface area contributed by atoms with Crippen LogP contribution in [0.15, 0.2) is 29.8 Å². The number of hydrogen-bond acceptors (Lipinski definition) is 4. The summed E-state index contributed by atoms with van der Waals surface area (Å²) in [6.07, 6.45) is 2.08. The number of aliphatic carboxylic acids is 1. The molecule has 1 N–H and O–H groups in total. The third kappa shape index (κ3) is 2.52. The largest absolute Gasteiger partial charge is 0.480 e. The molecule has 0 aromatic carbocycles. The summed E-state index contributed by atoms with van der Waals surface area (Å²) in [5.74, 6) is -0.243. The zero-order chi connectivity index (χ0) is 14.1. The van der Waals surface area contributed by atoms with Crippen LogP contribution in [0.2, 0.25) is 5.02 Å². The lowest BCUT2D eigenvalue weighted by atomic mass is 10.3. The highest BCUT2D eigenvalue weighted by atomic mass is 35.5. The summed E-state index contributed by atoms with van der Waals surface area (Å²) >= 11 is 7.51. The van der Waals surface area contributed by atoms with Crippen molar-refractivity contribution in [3.8, 4) is 0 Å². The number of aromatic nitrogens is 3. The molecule has 3 rings (SSSR count). The fraction of sp³-hybridized carbons (Fsp3) is 0.154. The first-order valence-electron chi connectivity index (χ1n) is 5.88. The Morgan fingerprint density at radius 1 is 1.50 bits per heavy atom. The predicted octanol–water partition coefficient (Wildman–Crippen LogP) is 2.82. The number of rotatable bonds is 4. The minimum absolute atomic E-state index is 0.161. The average molecular weight is 308 g/mol. The van der Waals surface area contributed by atoms with Crippen LogP contribution in [0, 0.1) is 0 Å². The van der Waals surface area contributed by atoms with Gasteiger partial charge in [0.15, 0.2) is 5.65 Å². The number of fused-ring (bicyclic) bond motifs is 1. The summed E-state index contributed by atoms with van der Waals surface area (Å²) in [7, 11) is 0. The van der Waals surface area contributed by atoms with E-state index in [9.17, 15) is 4.79 Å². The van der Waals surface area contributed by atoms with Crippen molar-refractivity contribution in [1.82, 2.24) is 14.5 Å². The van der Waals surface area contributed by atoms with E-state index in [2.05, 4.69) is 9.97 Å². The van der Waals surface area contributed by atoms with Crippen molar-refractivity contribution in [2.45, 2.75) is 13.0 Å². The molecule has 0 spiro atoms. The molecule has 3 heterocycles. The van der Waals surface area contributed by atoms with E-state index in [4.69, 9.17) is 16.7 Å². The molecule has 3 aromatic rings. The van der Waals surface area contributed by atoms with Crippen LogP contribution in [0.1, 0.15) is 10.7 Å². The monoisotopic (exact) mass is 307 g/mol. The number of pyridine rings is 1. The van der Waals surface area contributed by atoms with Crippen molar-refractivity contribution >= 4 is 40.1 Å². The number of carboxylic acid groups (broad SMARTS) is 1.